The fraction of sp³-hybridized carbons (Fsp3) is 0.185. The average molecular weight is 500 g/mol. The van der Waals surface area contributed by atoms with Gasteiger partial charge in [-0.1, -0.05) is 30.3 Å². The van der Waals surface area contributed by atoms with E-state index in [2.05, 4.69) is 10.1 Å². The molecule has 3 heterocycles. The molecule has 9 heteroatoms. The van der Waals surface area contributed by atoms with Crippen LogP contribution in [-0.4, -0.2) is 45.7 Å². The molecule has 0 aliphatic carbocycles. The summed E-state index contributed by atoms with van der Waals surface area (Å²) in [6.45, 7) is 3.95. The van der Waals surface area contributed by atoms with Gasteiger partial charge in [0.2, 0.25) is 5.17 Å². The summed E-state index contributed by atoms with van der Waals surface area (Å²) in [5.41, 5.74) is 4.79. The van der Waals surface area contributed by atoms with Crippen LogP contribution in [0.2, 0.25) is 0 Å². The van der Waals surface area contributed by atoms with E-state index in [1.54, 1.807) is 20.3 Å². The van der Waals surface area contributed by atoms with E-state index in [0.717, 1.165) is 33.2 Å². The maximum Gasteiger partial charge on any atom is 0.283 e. The number of aromatic nitrogens is 1. The minimum atomic E-state index is -0.446. The molecule has 3 aromatic rings. The number of aryl methyl sites for hydroxylation is 1. The second kappa shape index (κ2) is 9.50. The molecule has 0 fully saturated rings. The van der Waals surface area contributed by atoms with Crippen molar-refractivity contribution in [1.29, 1.82) is 5.41 Å². The lowest BCUT2D eigenvalue weighted by atomic mass is 10.1. The number of thioether (sulfide) groups is 1. The van der Waals surface area contributed by atoms with E-state index >= 15 is 0 Å². The summed E-state index contributed by atoms with van der Waals surface area (Å²) in [6, 6.07) is 17.6. The van der Waals surface area contributed by atoms with Crippen molar-refractivity contribution in [3.05, 3.63) is 82.7 Å². The fourth-order valence-corrected chi connectivity index (χ4v) is 5.22. The molecule has 2 aliphatic rings. The van der Waals surface area contributed by atoms with Gasteiger partial charge in [-0.05, 0) is 61.0 Å². The number of benzene rings is 2. The summed E-state index contributed by atoms with van der Waals surface area (Å²) >= 11 is 1.33. The zero-order chi connectivity index (χ0) is 25.4. The first-order valence-corrected chi connectivity index (χ1v) is 12.2. The number of amidine groups is 2. The Morgan fingerprint density at radius 1 is 1.06 bits per heavy atom. The number of methoxy groups -OCH3 is 2. The number of amides is 1. The molecular formula is C27H25N5O3S. The Morgan fingerprint density at radius 2 is 1.83 bits per heavy atom. The molecule has 1 aromatic heterocycles. The Kier molecular flexibility index (Phi) is 6.24. The Hall–Kier alpha value is -4.11. The first-order chi connectivity index (χ1) is 17.4. The quantitative estimate of drug-likeness (QED) is 0.483. The van der Waals surface area contributed by atoms with Crippen molar-refractivity contribution in [1.82, 2.24) is 9.58 Å². The van der Waals surface area contributed by atoms with Crippen LogP contribution in [-0.2, 0) is 11.2 Å². The van der Waals surface area contributed by atoms with E-state index in [9.17, 15) is 4.79 Å². The number of hydrazone groups is 1. The molecule has 2 aliphatic heterocycles. The molecule has 0 unspecified atom stereocenters. The summed E-state index contributed by atoms with van der Waals surface area (Å²) in [5.74, 6) is 0.977. The van der Waals surface area contributed by atoms with Crippen molar-refractivity contribution in [2.24, 2.45) is 10.1 Å². The van der Waals surface area contributed by atoms with E-state index in [4.69, 9.17) is 14.9 Å². The number of ether oxygens (including phenoxy) is 2. The molecule has 0 atom stereocenters. The van der Waals surface area contributed by atoms with Crippen LogP contribution in [0, 0.1) is 19.3 Å². The number of carbonyl (C=O) groups excluding carboxylic acids is 1. The Morgan fingerprint density at radius 3 is 2.56 bits per heavy atom. The molecule has 0 bridgehead atoms. The van der Waals surface area contributed by atoms with Crippen LogP contribution < -0.4 is 9.47 Å². The molecule has 8 nitrogen and oxygen atoms in total. The first-order valence-electron chi connectivity index (χ1n) is 11.3. The highest BCUT2D eigenvalue weighted by Gasteiger charge is 2.35. The van der Waals surface area contributed by atoms with Gasteiger partial charge in [-0.25, -0.2) is 0 Å². The molecule has 1 N–H and O–H groups in total. The summed E-state index contributed by atoms with van der Waals surface area (Å²) in [5, 5.41) is 16.0. The number of nitrogens with zero attached hydrogens (tertiary/aromatic N) is 4. The van der Waals surface area contributed by atoms with Crippen molar-refractivity contribution in [2.45, 2.75) is 20.3 Å². The highest BCUT2D eigenvalue weighted by molar-refractivity contribution is 8.26. The standard InChI is InChI=1S/C27H25N5O3S/c1-16-12-19(17(2)31(16)22-15-20(34-3)10-11-23(22)35-4)14-21-25(28)32-27(29-26(21)33)36-24(30-32)13-18-8-6-5-7-9-18/h5-12,14-15,28H,13H2,1-4H3. The smallest absolute Gasteiger partial charge is 0.283 e. The molecule has 0 saturated carbocycles. The molecule has 0 radical (unpaired) electrons. The van der Waals surface area contributed by atoms with Gasteiger partial charge in [-0.15, -0.1) is 0 Å². The largest absolute Gasteiger partial charge is 0.497 e. The minimum absolute atomic E-state index is 0.0179. The predicted molar refractivity (Wildman–Crippen MR) is 144 cm³/mol. The van der Waals surface area contributed by atoms with Gasteiger partial charge < -0.3 is 14.0 Å². The zero-order valence-electron chi connectivity index (χ0n) is 20.4. The third kappa shape index (κ3) is 4.22. The lowest BCUT2D eigenvalue weighted by molar-refractivity contribution is -0.114. The molecule has 2 aromatic carbocycles. The summed E-state index contributed by atoms with van der Waals surface area (Å²) in [6.07, 6.45) is 2.33. The normalized spacial score (nSPS) is 16.2. The monoisotopic (exact) mass is 499 g/mol. The third-order valence-electron chi connectivity index (χ3n) is 6.09. The fourth-order valence-electron chi connectivity index (χ4n) is 4.31. The van der Waals surface area contributed by atoms with Crippen LogP contribution >= 0.6 is 11.8 Å². The van der Waals surface area contributed by atoms with Gasteiger partial charge in [0, 0.05) is 23.9 Å². The first kappa shape index (κ1) is 23.6. The van der Waals surface area contributed by atoms with Gasteiger partial charge in [-0.3, -0.25) is 10.2 Å². The molecule has 0 spiro atoms. The van der Waals surface area contributed by atoms with Crippen LogP contribution in [0.15, 0.2) is 70.3 Å². The van der Waals surface area contributed by atoms with Gasteiger partial charge in [0.25, 0.3) is 5.91 Å². The number of fused-ring (bicyclic) bond motifs is 1. The molecule has 36 heavy (non-hydrogen) atoms. The van der Waals surface area contributed by atoms with Gasteiger partial charge >= 0.3 is 0 Å². The van der Waals surface area contributed by atoms with Crippen molar-refractivity contribution < 1.29 is 14.3 Å². The lowest BCUT2D eigenvalue weighted by Gasteiger charge is -2.20. The van der Waals surface area contributed by atoms with Crippen LogP contribution in [0.1, 0.15) is 22.5 Å². The van der Waals surface area contributed by atoms with Crippen molar-refractivity contribution in [3.63, 3.8) is 0 Å². The predicted octanol–water partition coefficient (Wildman–Crippen LogP) is 4.97. The maximum atomic E-state index is 12.9. The summed E-state index contributed by atoms with van der Waals surface area (Å²) in [7, 11) is 3.25. The highest BCUT2D eigenvalue weighted by atomic mass is 32.2. The number of rotatable bonds is 6. The Balaban J connectivity index is 1.49. The molecular weight excluding hydrogens is 474 g/mol. The summed E-state index contributed by atoms with van der Waals surface area (Å²) < 4.78 is 13.0. The van der Waals surface area contributed by atoms with Gasteiger partial charge in [0.05, 0.1) is 25.5 Å². The van der Waals surface area contributed by atoms with Gasteiger partial charge in [-0.2, -0.15) is 15.1 Å². The zero-order valence-corrected chi connectivity index (χ0v) is 21.2. The Bertz CT molecular complexity index is 1470. The molecule has 5 rings (SSSR count). The van der Waals surface area contributed by atoms with Crippen LogP contribution in [0.3, 0.4) is 0 Å². The second-order valence-electron chi connectivity index (χ2n) is 8.38. The van der Waals surface area contributed by atoms with Crippen molar-refractivity contribution >= 4 is 39.8 Å². The van der Waals surface area contributed by atoms with Crippen molar-refractivity contribution in [3.8, 4) is 17.2 Å². The van der Waals surface area contributed by atoms with E-state index in [-0.39, 0.29) is 11.4 Å². The van der Waals surface area contributed by atoms with Crippen LogP contribution in [0.4, 0.5) is 0 Å². The Labute approximate surface area is 213 Å². The average Bonchev–Trinajstić information content (AvgIpc) is 3.40. The highest BCUT2D eigenvalue weighted by Crippen LogP contribution is 2.34. The second-order valence-corrected chi connectivity index (χ2v) is 9.42. The number of carbonyl (C=O) groups is 1. The maximum absolute atomic E-state index is 12.9. The van der Waals surface area contributed by atoms with E-state index in [1.807, 2.05) is 73.0 Å². The number of hydrogen-bond donors (Lipinski definition) is 1. The number of aliphatic imine (C=N–C) groups is 1. The third-order valence-corrected chi connectivity index (χ3v) is 7.00. The molecule has 1 amide bonds. The molecule has 0 saturated heterocycles. The topological polar surface area (TPSA) is 92.3 Å². The number of nitrogens with one attached hydrogen (secondary N) is 1. The summed E-state index contributed by atoms with van der Waals surface area (Å²) in [4.78, 5) is 17.2. The van der Waals surface area contributed by atoms with Crippen LogP contribution in [0.5, 0.6) is 11.5 Å². The van der Waals surface area contributed by atoms with E-state index in [1.165, 1.54) is 16.8 Å². The van der Waals surface area contributed by atoms with Crippen molar-refractivity contribution in [2.75, 3.05) is 14.2 Å². The lowest BCUT2D eigenvalue weighted by Crippen LogP contribution is -2.35. The minimum Gasteiger partial charge on any atom is -0.497 e. The van der Waals surface area contributed by atoms with Gasteiger partial charge in [0.15, 0.2) is 5.84 Å². The van der Waals surface area contributed by atoms with E-state index < -0.39 is 5.91 Å². The molecule has 182 valence electrons. The SMILES string of the molecule is COc1ccc(OC)c(-n2c(C)cc(C=C3C(=N)N4N=C(Cc5ccccc5)SC4=NC3=O)c2C)c1. The van der Waals surface area contributed by atoms with Crippen LogP contribution in [0.25, 0.3) is 11.8 Å². The number of hydrogen-bond acceptors (Lipinski definition) is 6. The van der Waals surface area contributed by atoms with Gasteiger partial charge in [0.1, 0.15) is 16.5 Å². The van der Waals surface area contributed by atoms with E-state index in [0.29, 0.717) is 23.1 Å².